The van der Waals surface area contributed by atoms with Crippen LogP contribution in [0.4, 0.5) is 5.69 Å². The third-order valence-corrected chi connectivity index (χ3v) is 3.69. The maximum absolute atomic E-state index is 11.9. The van der Waals surface area contributed by atoms with Gasteiger partial charge in [0.05, 0.1) is 5.69 Å². The second kappa shape index (κ2) is 3.42. The molecule has 1 aromatic heterocycles. The molecule has 0 spiro atoms. The molecule has 0 radical (unpaired) electrons. The van der Waals surface area contributed by atoms with Gasteiger partial charge in [-0.3, -0.25) is 4.57 Å². The highest BCUT2D eigenvalue weighted by atomic mass is 32.2. The number of hydrogen-bond donors (Lipinski definition) is 1. The maximum atomic E-state index is 11.9. The second-order valence-electron chi connectivity index (χ2n) is 3.48. The first-order chi connectivity index (χ1) is 8.17. The topological polar surface area (TPSA) is 76.3 Å². The smallest absolute Gasteiger partial charge is 0.287 e. The van der Waals surface area contributed by atoms with Gasteiger partial charge in [-0.15, -0.1) is 4.40 Å². The number of fused-ring (bicyclic) bond motifs is 1. The molecule has 0 saturated carbocycles. The molecule has 7 heteroatoms. The predicted molar refractivity (Wildman–Crippen MR) is 62.3 cm³/mol. The Morgan fingerprint density at radius 1 is 1.24 bits per heavy atom. The summed E-state index contributed by atoms with van der Waals surface area (Å²) >= 11 is 0. The van der Waals surface area contributed by atoms with Gasteiger partial charge < -0.3 is 5.32 Å². The quantitative estimate of drug-likeness (QED) is 0.751. The van der Waals surface area contributed by atoms with Crippen LogP contribution in [-0.4, -0.2) is 23.9 Å². The molecule has 2 aromatic rings. The Hall–Kier alpha value is -2.15. The lowest BCUT2D eigenvalue weighted by Crippen LogP contribution is -2.26. The highest BCUT2D eigenvalue weighted by Crippen LogP contribution is 2.26. The molecular formula is C10H8N4O2S. The van der Waals surface area contributed by atoms with E-state index in [4.69, 9.17) is 0 Å². The van der Waals surface area contributed by atoms with Crippen molar-refractivity contribution in [2.24, 2.45) is 4.40 Å². The van der Waals surface area contributed by atoms with Crippen molar-refractivity contribution < 1.29 is 8.42 Å². The zero-order valence-corrected chi connectivity index (χ0v) is 9.42. The van der Waals surface area contributed by atoms with Crippen LogP contribution < -0.4 is 5.32 Å². The first-order valence-electron chi connectivity index (χ1n) is 4.86. The molecule has 6 nitrogen and oxygen atoms in total. The zero-order valence-electron chi connectivity index (χ0n) is 8.61. The van der Waals surface area contributed by atoms with Crippen LogP contribution >= 0.6 is 0 Å². The monoisotopic (exact) mass is 248 g/mol. The van der Waals surface area contributed by atoms with E-state index in [0.29, 0.717) is 5.69 Å². The fourth-order valence-corrected chi connectivity index (χ4v) is 2.71. The van der Waals surface area contributed by atoms with Crippen molar-refractivity contribution in [3.63, 3.8) is 0 Å². The fraction of sp³-hybridized carbons (Fsp3) is 0. The summed E-state index contributed by atoms with van der Waals surface area (Å²) in [4.78, 5) is 4.03. The van der Waals surface area contributed by atoms with Gasteiger partial charge in [0.15, 0.2) is 0 Å². The van der Waals surface area contributed by atoms with Crippen LogP contribution in [0.15, 0.2) is 52.3 Å². The van der Waals surface area contributed by atoms with Crippen LogP contribution in [-0.2, 0) is 10.0 Å². The fourth-order valence-electron chi connectivity index (χ4n) is 1.60. The zero-order chi connectivity index (χ0) is 11.9. The molecule has 1 aromatic carbocycles. The van der Waals surface area contributed by atoms with Crippen LogP contribution in [0.5, 0.6) is 0 Å². The average Bonchev–Trinajstić information content (AvgIpc) is 2.81. The number of nitrogens with one attached hydrogen (secondary N) is 1. The van der Waals surface area contributed by atoms with Crippen molar-refractivity contribution in [2.75, 3.05) is 5.32 Å². The van der Waals surface area contributed by atoms with Crippen molar-refractivity contribution in [3.8, 4) is 0 Å². The Morgan fingerprint density at radius 2 is 2.06 bits per heavy atom. The lowest BCUT2D eigenvalue weighted by atomic mass is 10.3. The highest BCUT2D eigenvalue weighted by molar-refractivity contribution is 7.90. The standard InChI is InChI=1S/C10H8N4O2S/c15-17(16)9-4-2-1-3-8(9)12-10(13-17)14-6-5-11-7-14/h1-7H,(H,12,13). The summed E-state index contributed by atoms with van der Waals surface area (Å²) in [7, 11) is -3.64. The summed E-state index contributed by atoms with van der Waals surface area (Å²) < 4.78 is 29.0. The Labute approximate surface area is 97.7 Å². The molecule has 0 saturated heterocycles. The van der Waals surface area contributed by atoms with E-state index < -0.39 is 10.0 Å². The van der Waals surface area contributed by atoms with E-state index in [1.807, 2.05) is 0 Å². The molecule has 1 aliphatic heterocycles. The van der Waals surface area contributed by atoms with Crippen LogP contribution in [0.1, 0.15) is 0 Å². The molecular weight excluding hydrogens is 240 g/mol. The van der Waals surface area contributed by atoms with Gasteiger partial charge in [-0.1, -0.05) is 12.1 Å². The third-order valence-electron chi connectivity index (χ3n) is 2.37. The number of sulfonamides is 1. The average molecular weight is 248 g/mol. The molecule has 0 atom stereocenters. The molecule has 0 aliphatic carbocycles. The number of benzene rings is 1. The van der Waals surface area contributed by atoms with Crippen molar-refractivity contribution >= 4 is 21.7 Å². The van der Waals surface area contributed by atoms with Gasteiger partial charge in [0.1, 0.15) is 11.2 Å². The highest BCUT2D eigenvalue weighted by Gasteiger charge is 2.24. The van der Waals surface area contributed by atoms with Gasteiger partial charge in [-0.25, -0.2) is 4.98 Å². The molecule has 0 unspecified atom stereocenters. The number of aromatic nitrogens is 2. The third kappa shape index (κ3) is 1.60. The normalized spacial score (nSPS) is 16.8. The number of imidazole rings is 1. The van der Waals surface area contributed by atoms with Gasteiger partial charge in [-0.2, -0.15) is 8.42 Å². The second-order valence-corrected chi connectivity index (χ2v) is 5.05. The van der Waals surface area contributed by atoms with E-state index in [2.05, 4.69) is 14.7 Å². The van der Waals surface area contributed by atoms with E-state index in [1.54, 1.807) is 30.6 Å². The number of hydrogen-bond acceptors (Lipinski definition) is 4. The largest absolute Gasteiger partial charge is 0.323 e. The Morgan fingerprint density at radius 3 is 2.82 bits per heavy atom. The predicted octanol–water partition coefficient (Wildman–Crippen LogP) is 0.902. The molecule has 1 aliphatic rings. The van der Waals surface area contributed by atoms with E-state index in [9.17, 15) is 8.42 Å². The molecule has 1 N–H and O–H groups in total. The van der Waals surface area contributed by atoms with Crippen molar-refractivity contribution in [1.82, 2.24) is 9.55 Å². The number of nitrogens with zero attached hydrogens (tertiary/aromatic N) is 3. The summed E-state index contributed by atoms with van der Waals surface area (Å²) in [6, 6.07) is 6.64. The Kier molecular flexibility index (Phi) is 2.02. The van der Waals surface area contributed by atoms with Crippen molar-refractivity contribution in [3.05, 3.63) is 43.0 Å². The maximum Gasteiger partial charge on any atom is 0.287 e. The number of anilines is 1. The van der Waals surface area contributed by atoms with Crippen LogP contribution in [0.2, 0.25) is 0 Å². The van der Waals surface area contributed by atoms with Gasteiger partial charge >= 0.3 is 0 Å². The van der Waals surface area contributed by atoms with E-state index in [1.165, 1.54) is 17.0 Å². The lowest BCUT2D eigenvalue weighted by molar-refractivity contribution is 0.597. The summed E-state index contributed by atoms with van der Waals surface area (Å²) in [5.41, 5.74) is 0.520. The molecule has 2 heterocycles. The SMILES string of the molecule is O=S1(=O)N=C(n2ccnc2)Nc2ccccc21. The van der Waals surface area contributed by atoms with E-state index >= 15 is 0 Å². The van der Waals surface area contributed by atoms with Gasteiger partial charge in [0.2, 0.25) is 5.96 Å². The molecule has 0 amide bonds. The van der Waals surface area contributed by atoms with Crippen LogP contribution in [0.25, 0.3) is 0 Å². The summed E-state index contributed by atoms with van der Waals surface area (Å²) in [5, 5.41) is 2.95. The van der Waals surface area contributed by atoms with Gasteiger partial charge in [0.25, 0.3) is 10.0 Å². The van der Waals surface area contributed by atoms with Crippen LogP contribution in [0.3, 0.4) is 0 Å². The molecule has 0 fully saturated rings. The minimum Gasteiger partial charge on any atom is -0.323 e. The number of para-hydroxylation sites is 1. The van der Waals surface area contributed by atoms with E-state index in [0.717, 1.165) is 0 Å². The molecule has 0 bridgehead atoms. The molecule has 3 rings (SSSR count). The summed E-state index contributed by atoms with van der Waals surface area (Å²) in [6.45, 7) is 0. The Bertz CT molecular complexity index is 689. The Balaban J connectivity index is 2.18. The van der Waals surface area contributed by atoms with Gasteiger partial charge in [0, 0.05) is 12.4 Å². The van der Waals surface area contributed by atoms with Gasteiger partial charge in [-0.05, 0) is 12.1 Å². The minimum atomic E-state index is -3.64. The number of rotatable bonds is 0. The first kappa shape index (κ1) is 10.0. The lowest BCUT2D eigenvalue weighted by Gasteiger charge is -2.17. The first-order valence-corrected chi connectivity index (χ1v) is 6.30. The molecule has 86 valence electrons. The van der Waals surface area contributed by atoms with E-state index in [-0.39, 0.29) is 10.9 Å². The summed E-state index contributed by atoms with van der Waals surface area (Å²) in [5.74, 6) is 0.223. The van der Waals surface area contributed by atoms with Crippen molar-refractivity contribution in [2.45, 2.75) is 4.90 Å². The summed E-state index contributed by atoms with van der Waals surface area (Å²) in [6.07, 6.45) is 4.65. The minimum absolute atomic E-state index is 0.184. The van der Waals surface area contributed by atoms with Crippen molar-refractivity contribution in [1.29, 1.82) is 0 Å². The molecule has 17 heavy (non-hydrogen) atoms. The van der Waals surface area contributed by atoms with Crippen LogP contribution in [0, 0.1) is 0 Å².